The van der Waals surface area contributed by atoms with E-state index in [9.17, 15) is 33.9 Å². The van der Waals surface area contributed by atoms with E-state index in [-0.39, 0.29) is 79.7 Å². The minimum Gasteiger partial charge on any atom is -0.461 e. The maximum atomic E-state index is 14.5. The number of aliphatic hydroxyl groups is 1. The lowest BCUT2D eigenvalue weighted by Crippen LogP contribution is -2.54. The number of piperazine rings is 1. The van der Waals surface area contributed by atoms with Gasteiger partial charge in [0.15, 0.2) is 11.2 Å². The lowest BCUT2D eigenvalue weighted by atomic mass is 9.83. The SMILES string of the molecule is CO[C@H]1CC2CCCC(O2)C(=O)C(=O)N2CCCC[C@H]2C(=O)O[C@H](CCC2CCC(OC(=O)NCc3cnc(N4CCN(CCOCCOCCOCCOCCC(=O)N5CCc6cc(Cn7nc(-c8ccc9oc(N)nc9c8)c8c(N)ncnc87)ccc6C5)CC4)nc3)CC2)CC[C@H](C)/C=C(\C)[C@@H](O)CC(=O)[C@H](C)C[C@H](C)/C=C/C=CC=C1C. The number of Topliss-reactive ketones (excluding diaryl/α,β-unsaturated/α-hetero) is 2. The van der Waals surface area contributed by atoms with Crippen LogP contribution in [0.25, 0.3) is 33.4 Å². The maximum absolute atomic E-state index is 14.5. The first-order valence-electron chi connectivity index (χ1n) is 43.4. The fourth-order valence-corrected chi connectivity index (χ4v) is 17.1. The lowest BCUT2D eigenvalue weighted by Gasteiger charge is -2.36. The number of ether oxygens (including phenoxy) is 8. The van der Waals surface area contributed by atoms with Gasteiger partial charge in [0, 0.05) is 108 Å². The van der Waals surface area contributed by atoms with Crippen LogP contribution in [0, 0.1) is 23.7 Å². The number of allylic oxidation sites excluding steroid dienone is 6. The molecule has 0 spiro atoms. The molecule has 2 aromatic carbocycles. The molecular weight excluding hydrogens is 1530 g/mol. The highest BCUT2D eigenvalue weighted by Crippen LogP contribution is 2.36. The van der Waals surface area contributed by atoms with Crippen molar-refractivity contribution in [3.63, 3.8) is 0 Å². The molecular formula is C90H124N14O16. The number of nitrogens with two attached hydrogens (primary N) is 2. The topological polar surface area (TPSA) is 369 Å². The summed E-state index contributed by atoms with van der Waals surface area (Å²) in [6, 6.07) is 11.1. The van der Waals surface area contributed by atoms with Crippen LogP contribution in [0.5, 0.6) is 0 Å². The predicted molar refractivity (Wildman–Crippen MR) is 454 cm³/mol. The number of carbonyl (C=O) groups excluding carboxylic acids is 6. The van der Waals surface area contributed by atoms with Gasteiger partial charge in [0.1, 0.15) is 53.5 Å². The number of rotatable bonds is 26. The molecule has 12 rings (SSSR count). The fourth-order valence-electron chi connectivity index (χ4n) is 17.1. The first-order chi connectivity index (χ1) is 58.2. The van der Waals surface area contributed by atoms with E-state index < -0.39 is 48.1 Å². The molecule has 9 atom stereocenters. The number of hydrogen-bond donors (Lipinski definition) is 4. The highest BCUT2D eigenvalue weighted by molar-refractivity contribution is 6.38. The van der Waals surface area contributed by atoms with Gasteiger partial charge < -0.3 is 78.9 Å². The Bertz CT molecular complexity index is 4510. The summed E-state index contributed by atoms with van der Waals surface area (Å²) in [7, 11) is 1.65. The zero-order valence-corrected chi connectivity index (χ0v) is 70.8. The van der Waals surface area contributed by atoms with Gasteiger partial charge in [-0.1, -0.05) is 75.4 Å². The molecule has 6 aliphatic rings. The second kappa shape index (κ2) is 44.9. The minimum atomic E-state index is -0.922. The molecule has 120 heavy (non-hydrogen) atoms. The van der Waals surface area contributed by atoms with Gasteiger partial charge >= 0.3 is 12.1 Å². The van der Waals surface area contributed by atoms with Gasteiger partial charge in [-0.3, -0.25) is 24.1 Å². The van der Waals surface area contributed by atoms with Gasteiger partial charge in [-0.15, -0.1) is 0 Å². The van der Waals surface area contributed by atoms with E-state index in [1.54, 1.807) is 25.6 Å². The molecule has 9 heterocycles. The number of oxazole rings is 1. The van der Waals surface area contributed by atoms with Crippen molar-refractivity contribution in [2.24, 2.45) is 23.7 Å². The molecule has 3 amide bonds. The number of esters is 1. The van der Waals surface area contributed by atoms with Gasteiger partial charge in [0.2, 0.25) is 17.6 Å². The number of cyclic esters (lactones) is 1. The molecule has 4 aromatic heterocycles. The van der Waals surface area contributed by atoms with E-state index in [1.165, 1.54) is 16.8 Å². The van der Waals surface area contributed by atoms with Crippen molar-refractivity contribution in [2.75, 3.05) is 122 Å². The second-order valence-corrected chi connectivity index (χ2v) is 33.3. The van der Waals surface area contributed by atoms with Crippen LogP contribution in [0.15, 0.2) is 107 Å². The molecule has 650 valence electrons. The number of methoxy groups -OCH3 is 1. The Morgan fingerprint density at radius 1 is 0.717 bits per heavy atom. The first-order valence-corrected chi connectivity index (χ1v) is 43.4. The van der Waals surface area contributed by atoms with E-state index >= 15 is 0 Å². The van der Waals surface area contributed by atoms with Gasteiger partial charge in [-0.2, -0.15) is 10.1 Å². The summed E-state index contributed by atoms with van der Waals surface area (Å²) in [6.07, 6.45) is 24.7. The summed E-state index contributed by atoms with van der Waals surface area (Å²) in [5.74, 6) is -0.619. The number of anilines is 3. The van der Waals surface area contributed by atoms with Crippen LogP contribution in [-0.4, -0.2) is 238 Å². The number of nitrogens with one attached hydrogen (secondary N) is 1. The minimum absolute atomic E-state index is 0.00972. The Labute approximate surface area is 703 Å². The van der Waals surface area contributed by atoms with Crippen molar-refractivity contribution >= 4 is 75.4 Å². The van der Waals surface area contributed by atoms with Crippen LogP contribution < -0.4 is 21.7 Å². The zero-order valence-electron chi connectivity index (χ0n) is 70.8. The number of fused-ring (bicyclic) bond motifs is 6. The number of aliphatic hydroxyl groups excluding tert-OH is 1. The van der Waals surface area contributed by atoms with Crippen molar-refractivity contribution < 1.29 is 76.2 Å². The van der Waals surface area contributed by atoms with E-state index in [0.29, 0.717) is 195 Å². The molecule has 5 aliphatic heterocycles. The summed E-state index contributed by atoms with van der Waals surface area (Å²) in [5, 5.41) is 19.8. The van der Waals surface area contributed by atoms with Gasteiger partial charge in [0.25, 0.3) is 11.9 Å². The molecule has 3 saturated heterocycles. The van der Waals surface area contributed by atoms with E-state index in [4.69, 9.17) is 58.9 Å². The number of nitrogens with zero attached hydrogens (tertiary/aromatic N) is 11. The summed E-state index contributed by atoms with van der Waals surface area (Å²) in [5.41, 5.74) is 21.2. The Kier molecular flexibility index (Phi) is 33.6. The van der Waals surface area contributed by atoms with E-state index in [0.717, 1.165) is 98.2 Å². The van der Waals surface area contributed by atoms with E-state index in [1.807, 2.05) is 72.9 Å². The Hall–Kier alpha value is -9.40. The second-order valence-electron chi connectivity index (χ2n) is 33.3. The first kappa shape index (κ1) is 89.8. The van der Waals surface area contributed by atoms with Crippen LogP contribution in [-0.2, 0) is 87.9 Å². The van der Waals surface area contributed by atoms with Gasteiger partial charge in [-0.05, 0) is 180 Å². The number of piperidine rings is 1. The Morgan fingerprint density at radius 3 is 2.24 bits per heavy atom. The summed E-state index contributed by atoms with van der Waals surface area (Å²) >= 11 is 0. The number of ketones is 2. The molecule has 6 N–H and O–H groups in total. The third kappa shape index (κ3) is 25.8. The third-order valence-corrected chi connectivity index (χ3v) is 24.2. The average molecular weight is 1660 g/mol. The number of amides is 3. The highest BCUT2D eigenvalue weighted by Gasteiger charge is 2.42. The quantitative estimate of drug-likeness (QED) is 0.0170. The van der Waals surface area contributed by atoms with Crippen LogP contribution in [0.1, 0.15) is 172 Å². The number of benzene rings is 2. The molecule has 2 unspecified atom stereocenters. The largest absolute Gasteiger partial charge is 0.461 e. The maximum Gasteiger partial charge on any atom is 0.407 e. The Balaban J connectivity index is 0.497. The molecule has 30 heteroatoms. The average Bonchev–Trinajstić information content (AvgIpc) is 1.62. The molecule has 1 saturated carbocycles. The monoisotopic (exact) mass is 1660 g/mol. The molecule has 2 bridgehead atoms. The van der Waals surface area contributed by atoms with Gasteiger partial charge in [-0.25, -0.2) is 34.2 Å². The molecule has 6 aromatic rings. The van der Waals surface area contributed by atoms with Crippen molar-refractivity contribution in [3.8, 4) is 11.3 Å². The Morgan fingerprint density at radius 2 is 1.48 bits per heavy atom. The van der Waals surface area contributed by atoms with Crippen LogP contribution in [0.3, 0.4) is 0 Å². The number of aromatic nitrogens is 7. The predicted octanol–water partition coefficient (Wildman–Crippen LogP) is 11.0. The van der Waals surface area contributed by atoms with Crippen molar-refractivity contribution in [3.05, 3.63) is 125 Å². The smallest absolute Gasteiger partial charge is 0.407 e. The van der Waals surface area contributed by atoms with Crippen LogP contribution in [0.4, 0.5) is 22.6 Å². The fraction of sp³-hybridized carbons (Fsp3) is 0.600. The number of alkyl carbamates (subject to hydrolysis) is 1. The summed E-state index contributed by atoms with van der Waals surface area (Å²) < 4.78 is 55.0. The standard InChI is InChI=1S/C90H124N14O16/c1-59-13-8-7-9-14-61(3)79(112-6)51-72-15-12-17-78(117-72)83(108)86(109)103-32-11-10-16-74(103)87(110)118-70(25-18-60(2)48-63(5)76(106)52-75(105)62(4)47-59)26-20-64-21-27-71(28-22-64)119-90(111)95-55-66-53-93-89(94-54-66)101-36-34-100(35-37-101)38-40-114-42-44-116-46-45-115-43-41-113-39-31-80(107)102-33-30-67-49-65(19-23-69(67)57-102)56-104-85-81(84(91)96-58-97-85)82(99-104)68-24-29-77-73(50-68)98-88(92)120-77/h7-9,13-14,19,23-24,29,48-50,53-54,58-60,62,64,70-72,74,76,78-79,106H,10-12,15-18,20-22,25-28,30-47,51-52,55-57H2,1-6H3,(H2,92,98)(H,95,111)(H2,91,96,97)/b9-7?,13-8+,61-14?,63-48+/t59-,60+,62-,64?,70+,71?,72?,74+,76+,78?,79+/m1/s1. The summed E-state index contributed by atoms with van der Waals surface area (Å²) in [4.78, 5) is 113. The molecule has 4 fully saturated rings. The van der Waals surface area contributed by atoms with Crippen LogP contribution >= 0.6 is 0 Å². The number of nitrogen functional groups attached to an aromatic ring is 2. The van der Waals surface area contributed by atoms with Crippen LogP contribution in [0.2, 0.25) is 0 Å². The van der Waals surface area contributed by atoms with Gasteiger partial charge in [0.05, 0.1) is 89.5 Å². The zero-order chi connectivity index (χ0) is 84.4. The van der Waals surface area contributed by atoms with E-state index in [2.05, 4.69) is 78.2 Å². The van der Waals surface area contributed by atoms with Crippen molar-refractivity contribution in [2.45, 2.75) is 219 Å². The van der Waals surface area contributed by atoms with Crippen molar-refractivity contribution in [1.82, 2.24) is 54.7 Å². The normalized spacial score (nSPS) is 25.3. The molecule has 1 aliphatic carbocycles. The highest BCUT2D eigenvalue weighted by atomic mass is 16.6. The molecule has 0 radical (unpaired) electrons. The lowest BCUT2D eigenvalue weighted by molar-refractivity contribution is -0.167. The third-order valence-electron chi connectivity index (χ3n) is 24.2. The number of carbonyl (C=O) groups is 6. The summed E-state index contributed by atoms with van der Waals surface area (Å²) in [6.45, 7) is 19.5. The molecule has 30 nitrogen and oxygen atoms in total. The number of hydrogen-bond acceptors (Lipinski definition) is 26. The van der Waals surface area contributed by atoms with Crippen molar-refractivity contribution in [1.29, 1.82) is 0 Å².